The molecule has 4 nitrogen and oxygen atoms in total. The van der Waals surface area contributed by atoms with Gasteiger partial charge < -0.3 is 9.55 Å². The minimum atomic E-state index is -2.61. The average Bonchev–Trinajstić information content (AvgIpc) is 3.67. The summed E-state index contributed by atoms with van der Waals surface area (Å²) in [7, 11) is 0. The van der Waals surface area contributed by atoms with E-state index >= 15 is 0 Å². The monoisotopic (exact) mass is 928 g/mol. The number of fused-ring (bicyclic) bond motifs is 1. The third-order valence-electron chi connectivity index (χ3n) is 9.69. The molecule has 0 spiro atoms. The number of aromatic nitrogens is 3. The number of pyridine rings is 1. The maximum absolute atomic E-state index is 9.74. The summed E-state index contributed by atoms with van der Waals surface area (Å²) >= 11 is 0. The maximum atomic E-state index is 9.74. The Labute approximate surface area is 363 Å². The Kier molecular flexibility index (Phi) is 9.50. The summed E-state index contributed by atoms with van der Waals surface area (Å²) in [6, 6.07) is 51.5. The molecule has 8 aromatic rings. The SMILES string of the molecule is CC(C)c1cc(-c2ccc(-c3ccccc3)cc2)cc(C(C)C)c1-n1c(-c2[c-]cccc2)nc2ccc(C#N)cc21.[2H]C([2H])([2H])c1c[c-]c(-c2cc(C([2H])([2H])[2H])c(C([2H])([2H])[2H])cn2)cc1.[Ir]. The molecule has 0 saturated carbocycles. The summed E-state index contributed by atoms with van der Waals surface area (Å²) < 4.78 is 69.2. The minimum absolute atomic E-state index is 0. The van der Waals surface area contributed by atoms with Crippen molar-refractivity contribution in [2.75, 3.05) is 0 Å². The van der Waals surface area contributed by atoms with E-state index in [0.717, 1.165) is 34.3 Å². The number of aryl methyl sites for hydroxylation is 3. The van der Waals surface area contributed by atoms with E-state index in [9.17, 15) is 5.26 Å². The van der Waals surface area contributed by atoms with Crippen molar-refractivity contribution in [1.82, 2.24) is 14.5 Å². The predicted molar refractivity (Wildman–Crippen MR) is 232 cm³/mol. The molecule has 285 valence electrons. The van der Waals surface area contributed by atoms with Crippen LogP contribution in [0.1, 0.15) is 85.2 Å². The van der Waals surface area contributed by atoms with Gasteiger partial charge in [-0.2, -0.15) is 5.26 Å². The van der Waals surface area contributed by atoms with Crippen LogP contribution in [0.3, 0.4) is 0 Å². The number of benzene rings is 6. The molecule has 2 heterocycles. The Morgan fingerprint density at radius 1 is 0.667 bits per heavy atom. The first-order chi connectivity index (χ1) is 30.7. The molecule has 5 heteroatoms. The summed E-state index contributed by atoms with van der Waals surface area (Å²) in [4.78, 5) is 9.08. The number of nitrogens with zero attached hydrogens (tertiary/aromatic N) is 4. The zero-order chi connectivity index (χ0) is 46.8. The summed E-state index contributed by atoms with van der Waals surface area (Å²) in [5.74, 6) is 1.35. The fraction of sp³-hybridized carbons (Fsp3) is 0.173. The van der Waals surface area contributed by atoms with Gasteiger partial charge in [-0.05, 0) is 101 Å². The van der Waals surface area contributed by atoms with E-state index in [0.29, 0.717) is 11.1 Å². The standard InChI is InChI=1S/C38H32N3.C14H14N.Ir/c1-25(2)33-22-32(30-18-16-29(17-19-30)28-11-7-5-8-12-28)23-34(26(3)4)37(33)41-36-21-27(24-39)15-20-35(36)40-38(41)31-13-9-6-10-14-31;1-10-4-6-13(7-5-10)14-8-11(2)12(3)9-15-14;/h5-13,15-23,25-26H,1-4H3;4-6,8-9H,1-3H3;/q2*-1;/i;1D3,2D3,3D3;. The number of hydrogen-bond donors (Lipinski definition) is 0. The Morgan fingerprint density at radius 3 is 1.95 bits per heavy atom. The first kappa shape index (κ1) is 30.2. The summed E-state index contributed by atoms with van der Waals surface area (Å²) in [5.41, 5.74) is 11.9. The summed E-state index contributed by atoms with van der Waals surface area (Å²) in [5, 5.41) is 9.74. The Balaban J connectivity index is 0.000000247. The normalized spacial score (nSPS) is 13.9. The number of imidazole rings is 1. The largest absolute Gasteiger partial charge is 0.333 e. The predicted octanol–water partition coefficient (Wildman–Crippen LogP) is 13.4. The molecule has 0 bridgehead atoms. The van der Waals surface area contributed by atoms with Crippen molar-refractivity contribution < 1.29 is 32.4 Å². The second-order valence-electron chi connectivity index (χ2n) is 14.2. The Bertz CT molecular complexity index is 2960. The third kappa shape index (κ3) is 8.90. The number of hydrogen-bond acceptors (Lipinski definition) is 3. The van der Waals surface area contributed by atoms with Gasteiger partial charge in [0.05, 0.1) is 28.5 Å². The molecule has 0 aliphatic carbocycles. The van der Waals surface area contributed by atoms with Crippen LogP contribution in [0.2, 0.25) is 0 Å². The van der Waals surface area contributed by atoms with Crippen molar-refractivity contribution in [2.45, 2.75) is 60.1 Å². The fourth-order valence-electron chi connectivity index (χ4n) is 6.74. The van der Waals surface area contributed by atoms with Gasteiger partial charge in [0, 0.05) is 44.3 Å². The maximum Gasteiger partial charge on any atom is 0.0992 e. The van der Waals surface area contributed by atoms with Crippen LogP contribution in [0.5, 0.6) is 0 Å². The third-order valence-corrected chi connectivity index (χ3v) is 9.69. The molecule has 2 aromatic heterocycles. The van der Waals surface area contributed by atoms with Crippen molar-refractivity contribution >= 4 is 11.0 Å². The molecule has 8 rings (SSSR count). The molecule has 0 atom stereocenters. The molecule has 0 aliphatic rings. The van der Waals surface area contributed by atoms with Crippen LogP contribution >= 0.6 is 0 Å². The minimum Gasteiger partial charge on any atom is -0.333 e. The van der Waals surface area contributed by atoms with Crippen molar-refractivity contribution in [1.29, 1.82) is 5.26 Å². The van der Waals surface area contributed by atoms with E-state index in [4.69, 9.17) is 17.3 Å². The van der Waals surface area contributed by atoms with Gasteiger partial charge in [0.1, 0.15) is 0 Å². The van der Waals surface area contributed by atoms with Crippen LogP contribution in [0.15, 0.2) is 140 Å². The van der Waals surface area contributed by atoms with Gasteiger partial charge in [0.2, 0.25) is 0 Å². The molecule has 1 radical (unpaired) electrons. The quantitative estimate of drug-likeness (QED) is 0.150. The second kappa shape index (κ2) is 17.9. The average molecular weight is 928 g/mol. The molecule has 0 saturated heterocycles. The van der Waals surface area contributed by atoms with Crippen molar-refractivity contribution in [3.8, 4) is 56.7 Å². The zero-order valence-corrected chi connectivity index (χ0v) is 34.5. The van der Waals surface area contributed by atoms with Crippen molar-refractivity contribution in [3.63, 3.8) is 0 Å². The molecule has 0 unspecified atom stereocenters. The molecule has 0 fully saturated rings. The zero-order valence-electron chi connectivity index (χ0n) is 41.1. The van der Waals surface area contributed by atoms with Gasteiger partial charge >= 0.3 is 0 Å². The molecule has 57 heavy (non-hydrogen) atoms. The van der Waals surface area contributed by atoms with Gasteiger partial charge in [0.25, 0.3) is 0 Å². The molecule has 0 aliphatic heterocycles. The molecule has 0 amide bonds. The van der Waals surface area contributed by atoms with Gasteiger partial charge in [-0.25, -0.2) is 0 Å². The van der Waals surface area contributed by atoms with Gasteiger partial charge in [0.15, 0.2) is 0 Å². The fourth-order valence-corrected chi connectivity index (χ4v) is 6.74. The van der Waals surface area contributed by atoms with Gasteiger partial charge in [-0.15, -0.1) is 71.3 Å². The molecule has 6 aromatic carbocycles. The van der Waals surface area contributed by atoms with Crippen molar-refractivity contribution in [2.24, 2.45) is 0 Å². The first-order valence-electron chi connectivity index (χ1n) is 23.0. The van der Waals surface area contributed by atoms with E-state index in [1.165, 1.54) is 57.6 Å². The van der Waals surface area contributed by atoms with Gasteiger partial charge in [-0.3, -0.25) is 4.98 Å². The molecular formula is C52H46IrN4-2. The van der Waals surface area contributed by atoms with Crippen LogP contribution in [-0.4, -0.2) is 14.5 Å². The first-order valence-corrected chi connectivity index (χ1v) is 18.5. The van der Waals surface area contributed by atoms with E-state index < -0.39 is 20.6 Å². The van der Waals surface area contributed by atoms with E-state index in [1.54, 1.807) is 0 Å². The topological polar surface area (TPSA) is 54.5 Å². The molecule has 0 N–H and O–H groups in total. The van der Waals surface area contributed by atoms with Crippen LogP contribution in [-0.2, 0) is 20.1 Å². The van der Waals surface area contributed by atoms with Crippen molar-refractivity contribution in [3.05, 3.63) is 185 Å². The summed E-state index contributed by atoms with van der Waals surface area (Å²) in [6.07, 6.45) is 1.02. The Morgan fingerprint density at radius 2 is 1.35 bits per heavy atom. The van der Waals surface area contributed by atoms with Crippen LogP contribution in [0.4, 0.5) is 0 Å². The van der Waals surface area contributed by atoms with Crippen LogP contribution in [0, 0.1) is 44.0 Å². The summed E-state index contributed by atoms with van der Waals surface area (Å²) in [6.45, 7) is 1.53. The molecular weight excluding hydrogens is 873 g/mol. The smallest absolute Gasteiger partial charge is 0.0992 e. The number of rotatable bonds is 7. The van der Waals surface area contributed by atoms with Crippen LogP contribution < -0.4 is 0 Å². The second-order valence-corrected chi connectivity index (χ2v) is 14.2. The van der Waals surface area contributed by atoms with E-state index in [2.05, 4.69) is 122 Å². The van der Waals surface area contributed by atoms with Crippen LogP contribution in [0.25, 0.3) is 61.6 Å². The van der Waals surface area contributed by atoms with E-state index in [-0.39, 0.29) is 54.3 Å². The Hall–Kier alpha value is -5.92. The number of nitriles is 1. The van der Waals surface area contributed by atoms with Gasteiger partial charge in [-0.1, -0.05) is 101 Å². The van der Waals surface area contributed by atoms with E-state index in [1.807, 2.05) is 42.5 Å².